The summed E-state index contributed by atoms with van der Waals surface area (Å²) in [5.74, 6) is 0.737. The molecule has 1 fully saturated rings. The molecular weight excluding hydrogens is 329 g/mol. The Balaban J connectivity index is 2.07. The highest BCUT2D eigenvalue weighted by atomic mass is 35.5. The molecule has 23 heavy (non-hydrogen) atoms. The standard InChI is InChI=1S/C15H16ClF3N4/c1-14(2,10-4-3-5-11(16)20-10)13-22-21-12(9-6-7-9)23(13)8-15(17,18)19/h3-5,9H,6-8H2,1-2H3. The molecule has 0 saturated heterocycles. The summed E-state index contributed by atoms with van der Waals surface area (Å²) in [7, 11) is 0. The Kier molecular flexibility index (Phi) is 3.86. The van der Waals surface area contributed by atoms with E-state index in [-0.39, 0.29) is 11.7 Å². The third-order valence-corrected chi connectivity index (χ3v) is 4.18. The molecule has 0 N–H and O–H groups in total. The van der Waals surface area contributed by atoms with Crippen molar-refractivity contribution in [2.45, 2.75) is 50.7 Å². The summed E-state index contributed by atoms with van der Waals surface area (Å²) >= 11 is 5.92. The molecule has 0 aliphatic heterocycles. The van der Waals surface area contributed by atoms with E-state index in [1.807, 2.05) is 0 Å². The van der Waals surface area contributed by atoms with E-state index in [4.69, 9.17) is 11.6 Å². The summed E-state index contributed by atoms with van der Waals surface area (Å²) in [5.41, 5.74) is -0.279. The molecule has 2 aromatic heterocycles. The second-order valence-electron chi connectivity index (χ2n) is 6.33. The second kappa shape index (κ2) is 5.47. The monoisotopic (exact) mass is 344 g/mol. The van der Waals surface area contributed by atoms with Crippen molar-refractivity contribution in [2.75, 3.05) is 0 Å². The average Bonchev–Trinajstić information content (AvgIpc) is 3.19. The van der Waals surface area contributed by atoms with Crippen LogP contribution in [0.1, 0.15) is 49.9 Å². The molecule has 0 spiro atoms. The van der Waals surface area contributed by atoms with Gasteiger partial charge in [-0.15, -0.1) is 10.2 Å². The Morgan fingerprint density at radius 1 is 1.22 bits per heavy atom. The number of hydrogen-bond acceptors (Lipinski definition) is 3. The molecule has 2 heterocycles. The Hall–Kier alpha value is -1.63. The van der Waals surface area contributed by atoms with E-state index in [2.05, 4.69) is 15.2 Å². The number of pyridine rings is 1. The van der Waals surface area contributed by atoms with Gasteiger partial charge in [0.15, 0.2) is 0 Å². The van der Waals surface area contributed by atoms with Gasteiger partial charge in [-0.25, -0.2) is 4.98 Å². The molecule has 3 rings (SSSR count). The molecule has 1 saturated carbocycles. The molecule has 0 atom stereocenters. The highest BCUT2D eigenvalue weighted by Gasteiger charge is 2.40. The van der Waals surface area contributed by atoms with Gasteiger partial charge in [0, 0.05) is 5.92 Å². The van der Waals surface area contributed by atoms with Crippen LogP contribution in [0.3, 0.4) is 0 Å². The van der Waals surface area contributed by atoms with Crippen LogP contribution in [0.15, 0.2) is 18.2 Å². The largest absolute Gasteiger partial charge is 0.406 e. The normalized spacial score (nSPS) is 15.9. The lowest BCUT2D eigenvalue weighted by Crippen LogP contribution is -2.29. The summed E-state index contributed by atoms with van der Waals surface area (Å²) in [6, 6.07) is 5.07. The van der Waals surface area contributed by atoms with Gasteiger partial charge < -0.3 is 4.57 Å². The van der Waals surface area contributed by atoms with Crippen LogP contribution in [0.5, 0.6) is 0 Å². The number of rotatable bonds is 4. The predicted octanol–water partition coefficient (Wildman–Crippen LogP) is 4.09. The van der Waals surface area contributed by atoms with Gasteiger partial charge in [0.25, 0.3) is 0 Å². The molecule has 124 valence electrons. The summed E-state index contributed by atoms with van der Waals surface area (Å²) in [5, 5.41) is 8.39. The first kappa shape index (κ1) is 16.2. The number of nitrogens with zero attached hydrogens (tertiary/aromatic N) is 4. The molecule has 0 radical (unpaired) electrons. The average molecular weight is 345 g/mol. The number of aromatic nitrogens is 4. The molecule has 2 aromatic rings. The van der Waals surface area contributed by atoms with Crippen LogP contribution < -0.4 is 0 Å². The zero-order valence-electron chi connectivity index (χ0n) is 12.7. The van der Waals surface area contributed by atoms with Crippen molar-refractivity contribution in [3.05, 3.63) is 40.7 Å². The highest BCUT2D eigenvalue weighted by molar-refractivity contribution is 6.29. The molecule has 0 aromatic carbocycles. The van der Waals surface area contributed by atoms with Crippen LogP contribution in [0.2, 0.25) is 5.15 Å². The lowest BCUT2D eigenvalue weighted by Gasteiger charge is -2.25. The summed E-state index contributed by atoms with van der Waals surface area (Å²) in [6.45, 7) is 2.46. The van der Waals surface area contributed by atoms with Crippen LogP contribution in [-0.2, 0) is 12.0 Å². The lowest BCUT2D eigenvalue weighted by atomic mass is 9.87. The van der Waals surface area contributed by atoms with Crippen LogP contribution in [0.4, 0.5) is 13.2 Å². The van der Waals surface area contributed by atoms with E-state index in [1.165, 1.54) is 4.57 Å². The second-order valence-corrected chi connectivity index (χ2v) is 6.72. The smallest absolute Gasteiger partial charge is 0.305 e. The molecular formula is C15H16ClF3N4. The quantitative estimate of drug-likeness (QED) is 0.784. The van der Waals surface area contributed by atoms with Crippen molar-refractivity contribution in [3.8, 4) is 0 Å². The zero-order chi connectivity index (χ0) is 16.8. The van der Waals surface area contributed by atoms with Gasteiger partial charge >= 0.3 is 6.18 Å². The molecule has 0 amide bonds. The summed E-state index contributed by atoms with van der Waals surface area (Å²) in [4.78, 5) is 4.23. The third kappa shape index (κ3) is 3.34. The van der Waals surface area contributed by atoms with E-state index in [9.17, 15) is 13.2 Å². The highest BCUT2D eigenvalue weighted by Crippen LogP contribution is 2.41. The van der Waals surface area contributed by atoms with E-state index in [1.54, 1.807) is 32.0 Å². The molecule has 0 bridgehead atoms. The van der Waals surface area contributed by atoms with Crippen LogP contribution in [-0.4, -0.2) is 25.9 Å². The maximum Gasteiger partial charge on any atom is 0.406 e. The van der Waals surface area contributed by atoms with Crippen LogP contribution >= 0.6 is 11.6 Å². The third-order valence-electron chi connectivity index (χ3n) is 3.97. The summed E-state index contributed by atoms with van der Waals surface area (Å²) < 4.78 is 40.2. The molecule has 1 aliphatic carbocycles. The van der Waals surface area contributed by atoms with E-state index in [0.717, 1.165) is 12.8 Å². The maximum absolute atomic E-state index is 13.0. The minimum Gasteiger partial charge on any atom is -0.305 e. The van der Waals surface area contributed by atoms with Gasteiger partial charge in [-0.2, -0.15) is 13.2 Å². The van der Waals surface area contributed by atoms with E-state index in [0.29, 0.717) is 16.7 Å². The van der Waals surface area contributed by atoms with Crippen molar-refractivity contribution in [1.29, 1.82) is 0 Å². The summed E-state index contributed by atoms with van der Waals surface area (Å²) in [6.07, 6.45) is -2.63. The Morgan fingerprint density at radius 3 is 2.48 bits per heavy atom. The number of hydrogen-bond donors (Lipinski definition) is 0. The van der Waals surface area contributed by atoms with Gasteiger partial charge in [0.1, 0.15) is 23.3 Å². The van der Waals surface area contributed by atoms with Gasteiger partial charge in [0.2, 0.25) is 0 Å². The lowest BCUT2D eigenvalue weighted by molar-refractivity contribution is -0.141. The Morgan fingerprint density at radius 2 is 1.91 bits per heavy atom. The minimum absolute atomic E-state index is 0.0710. The van der Waals surface area contributed by atoms with Gasteiger partial charge in [0.05, 0.1) is 11.1 Å². The van der Waals surface area contributed by atoms with Gasteiger partial charge in [-0.05, 0) is 38.8 Å². The number of halogens is 4. The van der Waals surface area contributed by atoms with Crippen molar-refractivity contribution in [2.24, 2.45) is 0 Å². The fourth-order valence-electron chi connectivity index (χ4n) is 2.63. The van der Waals surface area contributed by atoms with Crippen molar-refractivity contribution < 1.29 is 13.2 Å². The minimum atomic E-state index is -4.33. The maximum atomic E-state index is 13.0. The molecule has 1 aliphatic rings. The zero-order valence-corrected chi connectivity index (χ0v) is 13.5. The topological polar surface area (TPSA) is 43.6 Å². The van der Waals surface area contributed by atoms with Crippen LogP contribution in [0.25, 0.3) is 0 Å². The Bertz CT molecular complexity index is 720. The Labute approximate surface area is 136 Å². The first-order valence-corrected chi connectivity index (χ1v) is 7.69. The van der Waals surface area contributed by atoms with Gasteiger partial charge in [-0.3, -0.25) is 0 Å². The molecule has 0 unspecified atom stereocenters. The predicted molar refractivity (Wildman–Crippen MR) is 79.4 cm³/mol. The number of alkyl halides is 3. The van der Waals surface area contributed by atoms with Crippen LogP contribution in [0, 0.1) is 0 Å². The molecule has 4 nitrogen and oxygen atoms in total. The SMILES string of the molecule is CC(C)(c1cccc(Cl)n1)c1nnc(C2CC2)n1CC(F)(F)F. The fourth-order valence-corrected chi connectivity index (χ4v) is 2.79. The van der Waals surface area contributed by atoms with Crippen molar-refractivity contribution >= 4 is 11.6 Å². The first-order chi connectivity index (χ1) is 10.7. The first-order valence-electron chi connectivity index (χ1n) is 7.32. The molecule has 8 heteroatoms. The van der Waals surface area contributed by atoms with E-state index < -0.39 is 18.1 Å². The van der Waals surface area contributed by atoms with Crippen molar-refractivity contribution in [3.63, 3.8) is 0 Å². The fraction of sp³-hybridized carbons (Fsp3) is 0.533. The van der Waals surface area contributed by atoms with E-state index >= 15 is 0 Å². The van der Waals surface area contributed by atoms with Gasteiger partial charge in [-0.1, -0.05) is 17.7 Å². The van der Waals surface area contributed by atoms with Crippen molar-refractivity contribution in [1.82, 2.24) is 19.7 Å².